The lowest BCUT2D eigenvalue weighted by Gasteiger charge is -2.40. The molecule has 0 atom stereocenters. The lowest BCUT2D eigenvalue weighted by atomic mass is 10.0. The summed E-state index contributed by atoms with van der Waals surface area (Å²) in [7, 11) is 1.62. The predicted octanol–water partition coefficient (Wildman–Crippen LogP) is 0.972. The number of carbonyl (C=O) groups is 1. The van der Waals surface area contributed by atoms with Gasteiger partial charge in [-0.2, -0.15) is 0 Å². The van der Waals surface area contributed by atoms with Gasteiger partial charge in [-0.05, 0) is 24.6 Å². The van der Waals surface area contributed by atoms with E-state index in [9.17, 15) is 4.79 Å². The van der Waals surface area contributed by atoms with Crippen molar-refractivity contribution in [2.24, 2.45) is 0 Å². The average Bonchev–Trinajstić information content (AvgIpc) is 2.94. The largest absolute Gasteiger partial charge is 0.397 e. The minimum atomic E-state index is -0.506. The lowest BCUT2D eigenvalue weighted by Crippen LogP contribution is -2.49. The fraction of sp³-hybridized carbons (Fsp3) is 0.533. The van der Waals surface area contributed by atoms with Gasteiger partial charge in [-0.15, -0.1) is 0 Å². The Labute approximate surface area is 124 Å². The number of carbonyl (C=O) groups excluding carboxylic acids is 1. The molecule has 0 unspecified atom stereocenters. The summed E-state index contributed by atoms with van der Waals surface area (Å²) in [5.74, 6) is -0.621. The number of anilines is 2. The molecule has 21 heavy (non-hydrogen) atoms. The molecule has 1 aromatic rings. The van der Waals surface area contributed by atoms with Crippen LogP contribution in [0.3, 0.4) is 0 Å². The van der Waals surface area contributed by atoms with Gasteiger partial charge in [0.2, 0.25) is 0 Å². The van der Waals surface area contributed by atoms with Crippen molar-refractivity contribution in [3.63, 3.8) is 0 Å². The standard InChI is InChI=1S/C15H21N3O3/c1-17-14(19)11-3-4-12(16)13(9-11)18-6-2-5-15(10-18)20-7-8-21-15/h3-4,9H,2,5-8,10,16H2,1H3,(H,17,19). The van der Waals surface area contributed by atoms with E-state index < -0.39 is 5.79 Å². The van der Waals surface area contributed by atoms with Crippen molar-refractivity contribution in [3.8, 4) is 0 Å². The molecular formula is C15H21N3O3. The second-order valence-electron chi connectivity index (χ2n) is 5.49. The number of rotatable bonds is 2. The van der Waals surface area contributed by atoms with Crippen molar-refractivity contribution < 1.29 is 14.3 Å². The summed E-state index contributed by atoms with van der Waals surface area (Å²) in [6.45, 7) is 2.81. The Morgan fingerprint density at radius 3 is 2.86 bits per heavy atom. The van der Waals surface area contributed by atoms with E-state index >= 15 is 0 Å². The van der Waals surface area contributed by atoms with Crippen molar-refractivity contribution in [2.45, 2.75) is 18.6 Å². The highest BCUT2D eigenvalue weighted by molar-refractivity contribution is 5.96. The Hall–Kier alpha value is -1.79. The average molecular weight is 291 g/mol. The number of hydrogen-bond donors (Lipinski definition) is 2. The van der Waals surface area contributed by atoms with Crippen LogP contribution in [0.4, 0.5) is 11.4 Å². The number of amides is 1. The fourth-order valence-electron chi connectivity index (χ4n) is 3.03. The predicted molar refractivity (Wildman–Crippen MR) is 80.3 cm³/mol. The first-order valence-electron chi connectivity index (χ1n) is 7.28. The molecule has 2 fully saturated rings. The molecule has 0 saturated carbocycles. The molecule has 6 nitrogen and oxygen atoms in total. The van der Waals surface area contributed by atoms with Gasteiger partial charge in [0.25, 0.3) is 5.91 Å². The number of piperidine rings is 1. The molecule has 1 spiro atoms. The van der Waals surface area contributed by atoms with Crippen LogP contribution in [0.25, 0.3) is 0 Å². The first kappa shape index (κ1) is 14.2. The Morgan fingerprint density at radius 1 is 1.38 bits per heavy atom. The quantitative estimate of drug-likeness (QED) is 0.794. The monoisotopic (exact) mass is 291 g/mol. The highest BCUT2D eigenvalue weighted by atomic mass is 16.7. The van der Waals surface area contributed by atoms with Crippen LogP contribution in [-0.2, 0) is 9.47 Å². The molecule has 2 saturated heterocycles. The molecule has 114 valence electrons. The zero-order valence-corrected chi connectivity index (χ0v) is 12.2. The maximum absolute atomic E-state index is 11.8. The van der Waals surface area contributed by atoms with Gasteiger partial charge in [0, 0.05) is 25.6 Å². The third-order valence-corrected chi connectivity index (χ3v) is 4.09. The van der Waals surface area contributed by atoms with E-state index in [0.29, 0.717) is 31.0 Å². The van der Waals surface area contributed by atoms with E-state index in [4.69, 9.17) is 15.2 Å². The van der Waals surface area contributed by atoms with Gasteiger partial charge < -0.3 is 25.4 Å². The van der Waals surface area contributed by atoms with Gasteiger partial charge in [0.1, 0.15) is 0 Å². The molecule has 2 heterocycles. The molecule has 3 N–H and O–H groups in total. The van der Waals surface area contributed by atoms with Crippen LogP contribution in [0.15, 0.2) is 18.2 Å². The minimum Gasteiger partial charge on any atom is -0.397 e. The molecule has 0 radical (unpaired) electrons. The third-order valence-electron chi connectivity index (χ3n) is 4.09. The number of hydrogen-bond acceptors (Lipinski definition) is 5. The van der Waals surface area contributed by atoms with Crippen LogP contribution in [0.1, 0.15) is 23.2 Å². The topological polar surface area (TPSA) is 76.8 Å². The Bertz CT molecular complexity index is 541. The van der Waals surface area contributed by atoms with Crippen molar-refractivity contribution in [1.82, 2.24) is 5.32 Å². The van der Waals surface area contributed by atoms with E-state index in [0.717, 1.165) is 25.1 Å². The van der Waals surface area contributed by atoms with E-state index in [2.05, 4.69) is 10.2 Å². The Kier molecular flexibility index (Phi) is 3.73. The van der Waals surface area contributed by atoms with Gasteiger partial charge >= 0.3 is 0 Å². The van der Waals surface area contributed by atoms with Gasteiger partial charge in [0.05, 0.1) is 31.1 Å². The van der Waals surface area contributed by atoms with Gasteiger partial charge in [0.15, 0.2) is 5.79 Å². The summed E-state index contributed by atoms with van der Waals surface area (Å²) in [5, 5.41) is 2.63. The summed E-state index contributed by atoms with van der Waals surface area (Å²) >= 11 is 0. The van der Waals surface area contributed by atoms with Crippen LogP contribution in [0.5, 0.6) is 0 Å². The molecular weight excluding hydrogens is 270 g/mol. The SMILES string of the molecule is CNC(=O)c1ccc(N)c(N2CCCC3(C2)OCCO3)c1. The zero-order valence-electron chi connectivity index (χ0n) is 12.2. The maximum atomic E-state index is 11.8. The van der Waals surface area contributed by atoms with E-state index in [1.54, 1.807) is 19.2 Å². The number of nitrogen functional groups attached to an aromatic ring is 1. The van der Waals surface area contributed by atoms with Crippen molar-refractivity contribution in [2.75, 3.05) is 44.0 Å². The number of nitrogens with zero attached hydrogens (tertiary/aromatic N) is 1. The van der Waals surface area contributed by atoms with Crippen LogP contribution in [0.2, 0.25) is 0 Å². The van der Waals surface area contributed by atoms with Crippen molar-refractivity contribution in [1.29, 1.82) is 0 Å². The Morgan fingerprint density at radius 2 is 2.14 bits per heavy atom. The van der Waals surface area contributed by atoms with Crippen LogP contribution < -0.4 is 16.0 Å². The van der Waals surface area contributed by atoms with Crippen molar-refractivity contribution in [3.05, 3.63) is 23.8 Å². The minimum absolute atomic E-state index is 0.115. The van der Waals surface area contributed by atoms with Gasteiger partial charge in [-0.25, -0.2) is 0 Å². The molecule has 3 rings (SSSR count). The highest BCUT2D eigenvalue weighted by Crippen LogP contribution is 2.35. The van der Waals surface area contributed by atoms with Crippen molar-refractivity contribution >= 4 is 17.3 Å². The van der Waals surface area contributed by atoms with Crippen LogP contribution in [-0.4, -0.2) is 45.0 Å². The first-order chi connectivity index (χ1) is 10.1. The summed E-state index contributed by atoms with van der Waals surface area (Å²) in [6, 6.07) is 5.35. The fourth-order valence-corrected chi connectivity index (χ4v) is 3.03. The van der Waals surface area contributed by atoms with Crippen LogP contribution in [0, 0.1) is 0 Å². The molecule has 1 aromatic carbocycles. The number of nitrogens with two attached hydrogens (primary N) is 1. The second-order valence-corrected chi connectivity index (χ2v) is 5.49. The summed E-state index contributed by atoms with van der Waals surface area (Å²) in [6.07, 6.45) is 1.88. The smallest absolute Gasteiger partial charge is 0.251 e. The molecule has 0 aliphatic carbocycles. The number of nitrogens with one attached hydrogen (secondary N) is 1. The molecule has 0 aromatic heterocycles. The number of benzene rings is 1. The molecule has 0 bridgehead atoms. The third kappa shape index (κ3) is 2.69. The second kappa shape index (κ2) is 5.54. The van der Waals surface area contributed by atoms with Gasteiger partial charge in [-0.3, -0.25) is 4.79 Å². The molecule has 6 heteroatoms. The molecule has 2 aliphatic rings. The summed E-state index contributed by atoms with van der Waals surface area (Å²) < 4.78 is 11.6. The highest BCUT2D eigenvalue weighted by Gasteiger charge is 2.41. The zero-order chi connectivity index (χ0) is 14.9. The first-order valence-corrected chi connectivity index (χ1v) is 7.28. The molecule has 2 aliphatic heterocycles. The summed E-state index contributed by atoms with van der Waals surface area (Å²) in [5.41, 5.74) is 8.23. The van der Waals surface area contributed by atoms with E-state index in [-0.39, 0.29) is 5.91 Å². The van der Waals surface area contributed by atoms with E-state index in [1.165, 1.54) is 0 Å². The molecule has 1 amide bonds. The normalized spacial score (nSPS) is 20.7. The summed E-state index contributed by atoms with van der Waals surface area (Å²) in [4.78, 5) is 13.9. The van der Waals surface area contributed by atoms with Gasteiger partial charge in [-0.1, -0.05) is 0 Å². The van der Waals surface area contributed by atoms with E-state index in [1.807, 2.05) is 6.07 Å². The lowest BCUT2D eigenvalue weighted by molar-refractivity contribution is -0.161. The number of ether oxygens (including phenoxy) is 2. The van der Waals surface area contributed by atoms with Crippen LogP contribution >= 0.6 is 0 Å². The maximum Gasteiger partial charge on any atom is 0.251 e. The Balaban J connectivity index is 1.86.